The number of nitrogens with one attached hydrogen (secondary N) is 1. The minimum Gasteiger partial charge on any atom is -0.448 e. The van der Waals surface area contributed by atoms with Crippen LogP contribution in [0.3, 0.4) is 0 Å². The molecule has 0 fully saturated rings. The molecule has 3 aromatic rings. The molecule has 7 heteroatoms. The zero-order valence-electron chi connectivity index (χ0n) is 18.0. The maximum absolute atomic E-state index is 12.6. The van der Waals surface area contributed by atoms with E-state index in [4.69, 9.17) is 4.74 Å². The minimum atomic E-state index is -1.04. The van der Waals surface area contributed by atoms with E-state index in [2.05, 4.69) is 10.4 Å². The lowest BCUT2D eigenvalue weighted by Gasteiger charge is -2.17. The maximum atomic E-state index is 12.6. The number of carbonyl (C=O) groups is 2. The van der Waals surface area contributed by atoms with Crippen LogP contribution in [-0.4, -0.2) is 27.8 Å². The summed E-state index contributed by atoms with van der Waals surface area (Å²) in [7, 11) is 0. The zero-order valence-corrected chi connectivity index (χ0v) is 18.0. The fourth-order valence-corrected chi connectivity index (χ4v) is 3.30. The van der Waals surface area contributed by atoms with Crippen molar-refractivity contribution in [1.82, 2.24) is 9.78 Å². The summed E-state index contributed by atoms with van der Waals surface area (Å²) >= 11 is 0. The van der Waals surface area contributed by atoms with E-state index in [9.17, 15) is 14.4 Å². The molecule has 31 heavy (non-hydrogen) atoms. The SMILES string of the molecule is Cc1cc(C)c(NC(=O)[C@H](C)OC(=O)c2ccc(=O)n(Cc3ccccc3)n2)c(C)c1. The zero-order chi connectivity index (χ0) is 22.5. The first-order chi connectivity index (χ1) is 14.7. The molecule has 1 atom stereocenters. The van der Waals surface area contributed by atoms with Gasteiger partial charge in [-0.3, -0.25) is 9.59 Å². The van der Waals surface area contributed by atoms with Gasteiger partial charge in [-0.15, -0.1) is 0 Å². The quantitative estimate of drug-likeness (QED) is 0.619. The molecule has 0 aliphatic carbocycles. The van der Waals surface area contributed by atoms with Crippen LogP contribution in [0.15, 0.2) is 59.4 Å². The number of rotatable bonds is 6. The summed E-state index contributed by atoms with van der Waals surface area (Å²) in [5.41, 5.74) is 4.16. The van der Waals surface area contributed by atoms with Crippen LogP contribution in [-0.2, 0) is 16.1 Å². The highest BCUT2D eigenvalue weighted by molar-refractivity contribution is 5.97. The molecule has 0 unspecified atom stereocenters. The Labute approximate surface area is 180 Å². The number of amides is 1. The van der Waals surface area contributed by atoms with Crippen LogP contribution >= 0.6 is 0 Å². The molecule has 0 spiro atoms. The Bertz CT molecular complexity index is 1150. The molecular weight excluding hydrogens is 394 g/mol. The molecule has 0 saturated heterocycles. The number of benzene rings is 2. The van der Waals surface area contributed by atoms with Crippen molar-refractivity contribution in [3.05, 3.63) is 92.9 Å². The Hall–Kier alpha value is -3.74. The Morgan fingerprint density at radius 1 is 1.03 bits per heavy atom. The summed E-state index contributed by atoms with van der Waals surface area (Å²) in [6.07, 6.45) is -1.04. The largest absolute Gasteiger partial charge is 0.448 e. The molecule has 1 N–H and O–H groups in total. The van der Waals surface area contributed by atoms with Crippen LogP contribution in [0.4, 0.5) is 5.69 Å². The number of aromatic nitrogens is 2. The van der Waals surface area contributed by atoms with Crippen LogP contribution < -0.4 is 10.9 Å². The van der Waals surface area contributed by atoms with Gasteiger partial charge in [0, 0.05) is 11.8 Å². The van der Waals surface area contributed by atoms with Crippen LogP contribution in [0, 0.1) is 20.8 Å². The lowest BCUT2D eigenvalue weighted by Crippen LogP contribution is -2.32. The molecular formula is C24H25N3O4. The van der Waals surface area contributed by atoms with Crippen LogP contribution in [0.5, 0.6) is 0 Å². The first-order valence-corrected chi connectivity index (χ1v) is 9.96. The predicted molar refractivity (Wildman–Crippen MR) is 118 cm³/mol. The van der Waals surface area contributed by atoms with Crippen molar-refractivity contribution in [3.63, 3.8) is 0 Å². The van der Waals surface area contributed by atoms with Gasteiger partial charge in [0.25, 0.3) is 11.5 Å². The van der Waals surface area contributed by atoms with Crippen molar-refractivity contribution in [2.75, 3.05) is 5.32 Å². The molecule has 7 nitrogen and oxygen atoms in total. The number of nitrogens with zero attached hydrogens (tertiary/aromatic N) is 2. The van der Waals surface area contributed by atoms with E-state index < -0.39 is 18.0 Å². The summed E-state index contributed by atoms with van der Waals surface area (Å²) in [6.45, 7) is 7.52. The van der Waals surface area contributed by atoms with Crippen molar-refractivity contribution >= 4 is 17.6 Å². The van der Waals surface area contributed by atoms with Crippen molar-refractivity contribution < 1.29 is 14.3 Å². The van der Waals surface area contributed by atoms with Crippen molar-refractivity contribution in [1.29, 1.82) is 0 Å². The average Bonchev–Trinajstić information content (AvgIpc) is 2.72. The number of ether oxygens (including phenoxy) is 1. The molecule has 160 valence electrons. The van der Waals surface area contributed by atoms with E-state index in [1.54, 1.807) is 0 Å². The maximum Gasteiger partial charge on any atom is 0.359 e. The smallest absolute Gasteiger partial charge is 0.359 e. The van der Waals surface area contributed by atoms with Gasteiger partial charge in [-0.2, -0.15) is 5.10 Å². The number of hydrogen-bond donors (Lipinski definition) is 1. The summed E-state index contributed by atoms with van der Waals surface area (Å²) in [4.78, 5) is 37.2. The highest BCUT2D eigenvalue weighted by atomic mass is 16.5. The molecule has 2 aromatic carbocycles. The first kappa shape index (κ1) is 22.0. The van der Waals surface area contributed by atoms with Gasteiger partial charge >= 0.3 is 5.97 Å². The standard InChI is InChI=1S/C24H25N3O4/c1-15-12-16(2)22(17(3)13-15)25-23(29)18(4)31-24(30)20-10-11-21(28)27(26-20)14-19-8-6-5-7-9-19/h5-13,18H,14H2,1-4H3,(H,25,29)/t18-/m0/s1. The Morgan fingerprint density at radius 3 is 2.32 bits per heavy atom. The molecule has 1 aromatic heterocycles. The molecule has 1 heterocycles. The summed E-state index contributed by atoms with van der Waals surface area (Å²) in [5.74, 6) is -1.22. The Kier molecular flexibility index (Phi) is 6.65. The fourth-order valence-electron chi connectivity index (χ4n) is 3.30. The highest BCUT2D eigenvalue weighted by Gasteiger charge is 2.21. The molecule has 0 aliphatic heterocycles. The number of esters is 1. The van der Waals surface area contributed by atoms with Gasteiger partial charge in [-0.05, 0) is 50.5 Å². The van der Waals surface area contributed by atoms with Gasteiger partial charge in [-0.25, -0.2) is 9.48 Å². The number of aryl methyl sites for hydroxylation is 3. The van der Waals surface area contributed by atoms with Crippen molar-refractivity contribution in [3.8, 4) is 0 Å². The molecule has 3 rings (SSSR count). The van der Waals surface area contributed by atoms with Gasteiger partial charge in [0.05, 0.1) is 6.54 Å². The van der Waals surface area contributed by atoms with Crippen LogP contribution in [0.25, 0.3) is 0 Å². The van der Waals surface area contributed by atoms with Gasteiger partial charge in [0.2, 0.25) is 0 Å². The molecule has 1 amide bonds. The molecule has 0 radical (unpaired) electrons. The van der Waals surface area contributed by atoms with E-state index in [-0.39, 0.29) is 17.8 Å². The van der Waals surface area contributed by atoms with Gasteiger partial charge < -0.3 is 10.1 Å². The second-order valence-electron chi connectivity index (χ2n) is 7.51. The summed E-state index contributed by atoms with van der Waals surface area (Å²) < 4.78 is 6.48. The minimum absolute atomic E-state index is 0.0436. The summed E-state index contributed by atoms with van der Waals surface area (Å²) in [6, 6.07) is 15.8. The van der Waals surface area contributed by atoms with Gasteiger partial charge in [-0.1, -0.05) is 48.0 Å². The van der Waals surface area contributed by atoms with E-state index >= 15 is 0 Å². The predicted octanol–water partition coefficient (Wildman–Crippen LogP) is 3.40. The van der Waals surface area contributed by atoms with Crippen LogP contribution in [0.1, 0.15) is 39.7 Å². The molecule has 0 bridgehead atoms. The number of carbonyl (C=O) groups excluding carboxylic acids is 2. The normalized spacial score (nSPS) is 11.6. The van der Waals surface area contributed by atoms with E-state index in [1.165, 1.54) is 23.7 Å². The molecule has 0 saturated carbocycles. The van der Waals surface area contributed by atoms with E-state index in [0.717, 1.165) is 22.3 Å². The van der Waals surface area contributed by atoms with Crippen molar-refractivity contribution in [2.24, 2.45) is 0 Å². The average molecular weight is 419 g/mol. The lowest BCUT2D eigenvalue weighted by atomic mass is 10.0. The van der Waals surface area contributed by atoms with Crippen molar-refractivity contribution in [2.45, 2.75) is 40.3 Å². The Balaban J connectivity index is 1.70. The Morgan fingerprint density at radius 2 is 1.68 bits per heavy atom. The van der Waals surface area contributed by atoms with Gasteiger partial charge in [0.15, 0.2) is 11.8 Å². The van der Waals surface area contributed by atoms with E-state index in [1.807, 2.05) is 63.2 Å². The second-order valence-corrected chi connectivity index (χ2v) is 7.51. The number of anilines is 1. The number of hydrogen-bond acceptors (Lipinski definition) is 5. The first-order valence-electron chi connectivity index (χ1n) is 9.96. The monoisotopic (exact) mass is 419 g/mol. The van der Waals surface area contributed by atoms with Gasteiger partial charge in [0.1, 0.15) is 0 Å². The third kappa shape index (κ3) is 5.45. The van der Waals surface area contributed by atoms with Crippen LogP contribution in [0.2, 0.25) is 0 Å². The fraction of sp³-hybridized carbons (Fsp3) is 0.250. The third-order valence-corrected chi connectivity index (χ3v) is 4.83. The highest BCUT2D eigenvalue weighted by Crippen LogP contribution is 2.22. The third-order valence-electron chi connectivity index (χ3n) is 4.83. The molecule has 0 aliphatic rings. The van der Waals surface area contributed by atoms with E-state index in [0.29, 0.717) is 5.69 Å². The summed E-state index contributed by atoms with van der Waals surface area (Å²) in [5, 5.41) is 6.92. The lowest BCUT2D eigenvalue weighted by molar-refractivity contribution is -0.123. The second kappa shape index (κ2) is 9.38. The topological polar surface area (TPSA) is 90.3 Å².